The van der Waals surface area contributed by atoms with Crippen molar-refractivity contribution in [1.29, 1.82) is 0 Å². The molecule has 3 heteroatoms. The van der Waals surface area contributed by atoms with Crippen LogP contribution in [0.5, 0.6) is 0 Å². The summed E-state index contributed by atoms with van der Waals surface area (Å²) in [4.78, 5) is 16.4. The normalized spacial score (nSPS) is 8.81. The minimum absolute atomic E-state index is 0.134. The predicted octanol–water partition coefficient (Wildman–Crippen LogP) is 5.59. The number of pyridine rings is 1. The van der Waals surface area contributed by atoms with Crippen LogP contribution in [0.2, 0.25) is 5.02 Å². The SMILES string of the molecule is C=Cc1ccc2ncc(Cl)cc2c(=O)c1C=C.CC.CC. The average molecular weight is 304 g/mol. The molecule has 0 spiro atoms. The third-order valence-electron chi connectivity index (χ3n) is 2.53. The van der Waals surface area contributed by atoms with Crippen LogP contribution in [0.15, 0.2) is 42.3 Å². The number of hydrogen-bond donors (Lipinski definition) is 0. The summed E-state index contributed by atoms with van der Waals surface area (Å²) in [6, 6.07) is 5.19. The van der Waals surface area contributed by atoms with Gasteiger partial charge in [-0.25, -0.2) is 0 Å². The van der Waals surface area contributed by atoms with Crippen LogP contribution in [0.1, 0.15) is 38.8 Å². The van der Waals surface area contributed by atoms with E-state index in [2.05, 4.69) is 18.1 Å². The molecule has 0 amide bonds. The Bertz CT molecular complexity index is 678. The van der Waals surface area contributed by atoms with E-state index in [4.69, 9.17) is 11.6 Å². The molecule has 2 rings (SSSR count). The van der Waals surface area contributed by atoms with E-state index < -0.39 is 0 Å². The Morgan fingerprint density at radius 1 is 1.10 bits per heavy atom. The van der Waals surface area contributed by atoms with Crippen molar-refractivity contribution in [2.75, 3.05) is 0 Å². The van der Waals surface area contributed by atoms with Crippen molar-refractivity contribution in [1.82, 2.24) is 4.98 Å². The van der Waals surface area contributed by atoms with E-state index in [1.54, 1.807) is 24.3 Å². The number of hydrogen-bond acceptors (Lipinski definition) is 2. The minimum Gasteiger partial charge on any atom is -0.289 e. The first-order chi connectivity index (χ1) is 10.2. The highest BCUT2D eigenvalue weighted by Gasteiger charge is 2.05. The second-order valence-corrected chi connectivity index (χ2v) is 3.96. The zero-order valence-electron chi connectivity index (χ0n) is 13.1. The Morgan fingerprint density at radius 2 is 1.71 bits per heavy atom. The fraction of sp³-hybridized carbons (Fsp3) is 0.222. The summed E-state index contributed by atoms with van der Waals surface area (Å²) in [5.41, 5.74) is 1.72. The van der Waals surface area contributed by atoms with E-state index in [1.165, 1.54) is 12.3 Å². The highest BCUT2D eigenvalue weighted by molar-refractivity contribution is 6.31. The summed E-state index contributed by atoms with van der Waals surface area (Å²) < 4.78 is 0. The topological polar surface area (TPSA) is 30.0 Å². The van der Waals surface area contributed by atoms with E-state index in [1.807, 2.05) is 27.7 Å². The molecule has 0 aliphatic heterocycles. The van der Waals surface area contributed by atoms with Crippen molar-refractivity contribution in [3.8, 4) is 0 Å². The van der Waals surface area contributed by atoms with Gasteiger partial charge in [0, 0.05) is 17.1 Å². The predicted molar refractivity (Wildman–Crippen MR) is 95.9 cm³/mol. The van der Waals surface area contributed by atoms with E-state index >= 15 is 0 Å². The lowest BCUT2D eigenvalue weighted by molar-refractivity contribution is 1.41. The second kappa shape index (κ2) is 9.89. The molecule has 0 unspecified atom stereocenters. The Balaban J connectivity index is 0.000000921. The van der Waals surface area contributed by atoms with E-state index in [0.29, 0.717) is 21.5 Å². The molecule has 1 heterocycles. The molecule has 1 aromatic carbocycles. The number of nitrogens with zero attached hydrogens (tertiary/aromatic N) is 1. The Labute approximate surface area is 131 Å². The highest BCUT2D eigenvalue weighted by Crippen LogP contribution is 2.16. The highest BCUT2D eigenvalue weighted by atomic mass is 35.5. The van der Waals surface area contributed by atoms with Crippen LogP contribution < -0.4 is 5.43 Å². The van der Waals surface area contributed by atoms with Crippen LogP contribution in [0.4, 0.5) is 0 Å². The molecule has 0 atom stereocenters. The zero-order chi connectivity index (χ0) is 16.4. The van der Waals surface area contributed by atoms with Crippen LogP contribution in [-0.4, -0.2) is 4.98 Å². The van der Waals surface area contributed by atoms with Crippen molar-refractivity contribution >= 4 is 34.7 Å². The molecular weight excluding hydrogens is 282 g/mol. The first-order valence-electron chi connectivity index (χ1n) is 7.05. The second-order valence-electron chi connectivity index (χ2n) is 3.53. The molecule has 1 aromatic heterocycles. The van der Waals surface area contributed by atoms with Gasteiger partial charge in [-0.1, -0.05) is 70.7 Å². The van der Waals surface area contributed by atoms with Gasteiger partial charge in [-0.2, -0.15) is 0 Å². The molecule has 2 nitrogen and oxygen atoms in total. The molecule has 0 bridgehead atoms. The number of halogens is 1. The molecule has 112 valence electrons. The number of rotatable bonds is 2. The van der Waals surface area contributed by atoms with Gasteiger partial charge in [0.25, 0.3) is 0 Å². The maximum Gasteiger partial charge on any atom is 0.195 e. The molecule has 0 aliphatic rings. The van der Waals surface area contributed by atoms with E-state index in [-0.39, 0.29) is 5.43 Å². The van der Waals surface area contributed by atoms with E-state index in [0.717, 1.165) is 5.56 Å². The summed E-state index contributed by atoms with van der Waals surface area (Å²) >= 11 is 5.86. The Hall–Kier alpha value is -1.93. The Kier molecular flexibility index (Phi) is 8.98. The summed E-state index contributed by atoms with van der Waals surface area (Å²) in [6.07, 6.45) is 4.67. The molecule has 0 radical (unpaired) electrons. The molecule has 0 aliphatic carbocycles. The fourth-order valence-electron chi connectivity index (χ4n) is 1.69. The van der Waals surface area contributed by atoms with Crippen LogP contribution in [-0.2, 0) is 0 Å². The maximum absolute atomic E-state index is 12.3. The lowest BCUT2D eigenvalue weighted by Crippen LogP contribution is -2.03. The number of fused-ring (bicyclic) bond motifs is 1. The van der Waals surface area contributed by atoms with Crippen LogP contribution >= 0.6 is 11.6 Å². The molecule has 2 aromatic rings. The Morgan fingerprint density at radius 3 is 2.24 bits per heavy atom. The van der Waals surface area contributed by atoms with Crippen LogP contribution in [0.3, 0.4) is 0 Å². The van der Waals surface area contributed by atoms with E-state index in [9.17, 15) is 4.79 Å². The number of aromatic nitrogens is 1. The van der Waals surface area contributed by atoms with Crippen molar-refractivity contribution in [3.05, 3.63) is 63.9 Å². The molecule has 0 fully saturated rings. The zero-order valence-corrected chi connectivity index (χ0v) is 13.9. The van der Waals surface area contributed by atoms with Gasteiger partial charge in [0.2, 0.25) is 0 Å². The molecule has 21 heavy (non-hydrogen) atoms. The smallest absolute Gasteiger partial charge is 0.195 e. The lowest BCUT2D eigenvalue weighted by atomic mass is 10.1. The van der Waals surface area contributed by atoms with Crippen LogP contribution in [0, 0.1) is 0 Å². The van der Waals surface area contributed by atoms with Gasteiger partial charge in [-0.05, 0) is 17.7 Å². The van der Waals surface area contributed by atoms with Gasteiger partial charge in [-0.3, -0.25) is 9.78 Å². The van der Waals surface area contributed by atoms with Gasteiger partial charge in [0.15, 0.2) is 5.43 Å². The quantitative estimate of drug-likeness (QED) is 0.724. The van der Waals surface area contributed by atoms with Gasteiger partial charge in [-0.15, -0.1) is 0 Å². The largest absolute Gasteiger partial charge is 0.289 e. The van der Waals surface area contributed by atoms with Crippen molar-refractivity contribution < 1.29 is 0 Å². The van der Waals surface area contributed by atoms with Crippen molar-refractivity contribution in [3.63, 3.8) is 0 Å². The first kappa shape index (κ1) is 19.1. The maximum atomic E-state index is 12.3. The summed E-state index contributed by atoms with van der Waals surface area (Å²) in [5, 5.41) is 0.927. The monoisotopic (exact) mass is 303 g/mol. The third-order valence-corrected chi connectivity index (χ3v) is 2.74. The summed E-state index contributed by atoms with van der Waals surface area (Å²) in [6.45, 7) is 15.3. The van der Waals surface area contributed by atoms with Gasteiger partial charge >= 0.3 is 0 Å². The molecular formula is C18H22ClNO. The summed E-state index contributed by atoms with van der Waals surface area (Å²) in [7, 11) is 0. The molecule has 0 saturated heterocycles. The van der Waals surface area contributed by atoms with Crippen LogP contribution in [0.25, 0.3) is 23.1 Å². The third kappa shape index (κ3) is 4.54. The minimum atomic E-state index is -0.134. The molecule has 0 N–H and O–H groups in total. The summed E-state index contributed by atoms with van der Waals surface area (Å²) in [5.74, 6) is 0. The van der Waals surface area contributed by atoms with Gasteiger partial charge in [0.05, 0.1) is 10.5 Å². The average Bonchev–Trinajstić information content (AvgIpc) is 2.68. The van der Waals surface area contributed by atoms with Gasteiger partial charge in [0.1, 0.15) is 0 Å². The fourth-order valence-corrected chi connectivity index (χ4v) is 1.85. The van der Waals surface area contributed by atoms with Gasteiger partial charge < -0.3 is 0 Å². The standard InChI is InChI=1S/C14H10ClNO.2C2H6/c1-3-9-5-6-13-12(7-10(15)8-16-13)14(17)11(9)4-2;2*1-2/h3-8H,1-2H2;2*1-2H3. The van der Waals surface area contributed by atoms with Crippen molar-refractivity contribution in [2.45, 2.75) is 27.7 Å². The van der Waals surface area contributed by atoms with Crippen molar-refractivity contribution in [2.24, 2.45) is 0 Å². The molecule has 0 saturated carbocycles. The lowest BCUT2D eigenvalue weighted by Gasteiger charge is -1.93. The first-order valence-corrected chi connectivity index (χ1v) is 7.42.